The minimum atomic E-state index is 0.636. The Kier molecular flexibility index (Phi) is 4.89. The highest BCUT2D eigenvalue weighted by Crippen LogP contribution is 2.40. The molecule has 186 valence electrons. The molecule has 2 heterocycles. The van der Waals surface area contributed by atoms with Gasteiger partial charge in [-0.15, -0.1) is 0 Å². The zero-order valence-corrected chi connectivity index (χ0v) is 21.5. The monoisotopic (exact) mass is 510 g/mol. The molecule has 0 unspecified atom stereocenters. The van der Waals surface area contributed by atoms with Gasteiger partial charge in [0, 0.05) is 27.1 Å². The third-order valence-corrected chi connectivity index (χ3v) is 7.85. The fourth-order valence-electron chi connectivity index (χ4n) is 6.14. The van der Waals surface area contributed by atoms with E-state index in [1.807, 2.05) is 36.4 Å². The van der Waals surface area contributed by atoms with Crippen molar-refractivity contribution >= 4 is 43.7 Å². The van der Waals surface area contributed by atoms with Crippen molar-refractivity contribution in [1.29, 1.82) is 5.26 Å². The molecule has 0 aliphatic carbocycles. The van der Waals surface area contributed by atoms with E-state index in [4.69, 9.17) is 4.42 Å². The molecule has 0 atom stereocenters. The Balaban J connectivity index is 1.41. The molecule has 8 aromatic rings. The van der Waals surface area contributed by atoms with E-state index < -0.39 is 0 Å². The van der Waals surface area contributed by atoms with Crippen molar-refractivity contribution in [3.8, 4) is 34.0 Å². The summed E-state index contributed by atoms with van der Waals surface area (Å²) in [5.74, 6) is 0. The molecule has 0 saturated heterocycles. The second-order valence-electron chi connectivity index (χ2n) is 10.0. The molecule has 3 nitrogen and oxygen atoms in total. The van der Waals surface area contributed by atoms with E-state index in [0.29, 0.717) is 5.56 Å². The second kappa shape index (κ2) is 8.73. The summed E-state index contributed by atoms with van der Waals surface area (Å²) in [6, 6.07) is 48.3. The summed E-state index contributed by atoms with van der Waals surface area (Å²) in [4.78, 5) is 0. The predicted molar refractivity (Wildman–Crippen MR) is 164 cm³/mol. The molecule has 0 amide bonds. The van der Waals surface area contributed by atoms with Gasteiger partial charge in [-0.25, -0.2) is 0 Å². The molecule has 0 aliphatic heterocycles. The standard InChI is InChI=1S/C37H22N2O/c38-23-26-12-8-17-28(37(26)39-32-18-4-1-13-29(32)30-14-2-5-19-33(30)39)25-11-7-10-24(22-25)27-16-9-21-35-36(27)31-15-3-6-20-34(31)40-35/h1-22H. The number of rotatable bonds is 3. The Morgan fingerprint density at radius 3 is 1.85 bits per heavy atom. The van der Waals surface area contributed by atoms with Gasteiger partial charge >= 0.3 is 0 Å². The van der Waals surface area contributed by atoms with Gasteiger partial charge in [-0.3, -0.25) is 0 Å². The summed E-state index contributed by atoms with van der Waals surface area (Å²) in [5.41, 5.74) is 9.75. The number of aromatic nitrogens is 1. The summed E-state index contributed by atoms with van der Waals surface area (Å²) in [6.07, 6.45) is 0. The molecule has 0 radical (unpaired) electrons. The molecule has 2 aromatic heterocycles. The van der Waals surface area contributed by atoms with Gasteiger partial charge in [0.05, 0.1) is 22.3 Å². The number of fused-ring (bicyclic) bond motifs is 6. The first kappa shape index (κ1) is 22.4. The van der Waals surface area contributed by atoms with Crippen molar-refractivity contribution in [3.05, 3.63) is 139 Å². The molecular weight excluding hydrogens is 488 g/mol. The van der Waals surface area contributed by atoms with Crippen molar-refractivity contribution in [3.63, 3.8) is 0 Å². The Bertz CT molecular complexity index is 2240. The molecule has 3 heteroatoms. The summed E-state index contributed by atoms with van der Waals surface area (Å²) in [7, 11) is 0. The van der Waals surface area contributed by atoms with E-state index in [-0.39, 0.29) is 0 Å². The molecule has 0 spiro atoms. The van der Waals surface area contributed by atoms with Crippen LogP contribution in [-0.2, 0) is 0 Å². The van der Waals surface area contributed by atoms with Crippen LogP contribution in [0.25, 0.3) is 71.7 Å². The first-order valence-corrected chi connectivity index (χ1v) is 13.3. The third kappa shape index (κ3) is 3.24. The van der Waals surface area contributed by atoms with E-state index >= 15 is 0 Å². The number of hydrogen-bond acceptors (Lipinski definition) is 2. The zero-order valence-electron chi connectivity index (χ0n) is 21.5. The smallest absolute Gasteiger partial charge is 0.136 e. The summed E-state index contributed by atoms with van der Waals surface area (Å²) in [5, 5.41) is 14.8. The van der Waals surface area contributed by atoms with Crippen LogP contribution in [0.3, 0.4) is 0 Å². The van der Waals surface area contributed by atoms with Crippen LogP contribution in [0.5, 0.6) is 0 Å². The molecule has 0 aliphatic rings. The van der Waals surface area contributed by atoms with Crippen LogP contribution in [0.1, 0.15) is 5.56 Å². The van der Waals surface area contributed by atoms with E-state index in [1.165, 1.54) is 10.8 Å². The lowest BCUT2D eigenvalue weighted by atomic mass is 9.94. The van der Waals surface area contributed by atoms with Gasteiger partial charge in [-0.1, -0.05) is 97.1 Å². The number of furan rings is 1. The largest absolute Gasteiger partial charge is 0.456 e. The van der Waals surface area contributed by atoms with Gasteiger partial charge in [0.2, 0.25) is 0 Å². The van der Waals surface area contributed by atoms with Gasteiger partial charge in [0.25, 0.3) is 0 Å². The lowest BCUT2D eigenvalue weighted by molar-refractivity contribution is 0.669. The maximum atomic E-state index is 10.3. The maximum Gasteiger partial charge on any atom is 0.136 e. The van der Waals surface area contributed by atoms with Crippen LogP contribution in [0.15, 0.2) is 138 Å². The highest BCUT2D eigenvalue weighted by Gasteiger charge is 2.19. The maximum absolute atomic E-state index is 10.3. The molecule has 0 fully saturated rings. The van der Waals surface area contributed by atoms with Gasteiger partial charge in [0.15, 0.2) is 0 Å². The van der Waals surface area contributed by atoms with E-state index in [9.17, 15) is 5.26 Å². The van der Waals surface area contributed by atoms with Crippen LogP contribution >= 0.6 is 0 Å². The van der Waals surface area contributed by atoms with Crippen molar-refractivity contribution in [2.24, 2.45) is 0 Å². The topological polar surface area (TPSA) is 41.9 Å². The van der Waals surface area contributed by atoms with Crippen molar-refractivity contribution in [1.82, 2.24) is 4.57 Å². The van der Waals surface area contributed by atoms with Crippen LogP contribution in [-0.4, -0.2) is 4.57 Å². The SMILES string of the molecule is N#Cc1cccc(-c2cccc(-c3cccc4oc5ccccc5c34)c2)c1-n1c2ccccc2c2ccccc21. The number of nitrogens with zero attached hydrogens (tertiary/aromatic N) is 2. The molecule has 0 saturated carbocycles. The van der Waals surface area contributed by atoms with Gasteiger partial charge in [-0.2, -0.15) is 5.26 Å². The summed E-state index contributed by atoms with van der Waals surface area (Å²) < 4.78 is 8.42. The fourth-order valence-corrected chi connectivity index (χ4v) is 6.14. The number of nitriles is 1. The first-order valence-electron chi connectivity index (χ1n) is 13.3. The first-order chi connectivity index (χ1) is 19.8. The molecular formula is C37H22N2O. The van der Waals surface area contributed by atoms with Gasteiger partial charge < -0.3 is 8.98 Å². The molecule has 8 rings (SSSR count). The second-order valence-corrected chi connectivity index (χ2v) is 10.0. The van der Waals surface area contributed by atoms with E-state index in [0.717, 1.165) is 60.9 Å². The third-order valence-electron chi connectivity index (χ3n) is 7.85. The number of para-hydroxylation sites is 4. The highest BCUT2D eigenvalue weighted by atomic mass is 16.3. The van der Waals surface area contributed by atoms with Crippen LogP contribution in [0.4, 0.5) is 0 Å². The van der Waals surface area contributed by atoms with Gasteiger partial charge in [-0.05, 0) is 53.1 Å². The predicted octanol–water partition coefficient (Wildman–Crippen LogP) is 9.89. The zero-order chi connectivity index (χ0) is 26.6. The Morgan fingerprint density at radius 2 is 1.10 bits per heavy atom. The normalized spacial score (nSPS) is 11.5. The van der Waals surface area contributed by atoms with Crippen molar-refractivity contribution in [2.45, 2.75) is 0 Å². The average Bonchev–Trinajstić information content (AvgIpc) is 3.56. The Morgan fingerprint density at radius 1 is 0.525 bits per heavy atom. The highest BCUT2D eigenvalue weighted by molar-refractivity contribution is 6.13. The summed E-state index contributed by atoms with van der Waals surface area (Å²) >= 11 is 0. The molecule has 6 aromatic carbocycles. The van der Waals surface area contributed by atoms with E-state index in [2.05, 4.69) is 108 Å². The average molecular weight is 511 g/mol. The van der Waals surface area contributed by atoms with Crippen molar-refractivity contribution in [2.75, 3.05) is 0 Å². The molecule has 0 bridgehead atoms. The minimum absolute atomic E-state index is 0.636. The lowest BCUT2D eigenvalue weighted by Crippen LogP contribution is -2.00. The summed E-state index contributed by atoms with van der Waals surface area (Å²) in [6.45, 7) is 0. The van der Waals surface area contributed by atoms with Crippen molar-refractivity contribution < 1.29 is 4.42 Å². The fraction of sp³-hybridized carbons (Fsp3) is 0. The number of benzene rings is 6. The molecule has 0 N–H and O–H groups in total. The Hall–Kier alpha value is -5.59. The quantitative estimate of drug-likeness (QED) is 0.237. The Labute approximate surface area is 230 Å². The molecule has 40 heavy (non-hydrogen) atoms. The van der Waals surface area contributed by atoms with E-state index in [1.54, 1.807) is 0 Å². The lowest BCUT2D eigenvalue weighted by Gasteiger charge is -2.16. The van der Waals surface area contributed by atoms with Crippen LogP contribution < -0.4 is 0 Å². The minimum Gasteiger partial charge on any atom is -0.456 e. The van der Waals surface area contributed by atoms with Gasteiger partial charge in [0.1, 0.15) is 17.2 Å². The van der Waals surface area contributed by atoms with Crippen LogP contribution in [0.2, 0.25) is 0 Å². The van der Waals surface area contributed by atoms with Crippen LogP contribution in [0, 0.1) is 11.3 Å². The number of hydrogen-bond donors (Lipinski definition) is 0.